The van der Waals surface area contributed by atoms with Gasteiger partial charge in [0.15, 0.2) is 4.34 Å². The number of amides is 1. The van der Waals surface area contributed by atoms with Crippen LogP contribution >= 0.6 is 23.1 Å². The summed E-state index contributed by atoms with van der Waals surface area (Å²) in [4.78, 5) is 12.5. The molecule has 2 N–H and O–H groups in total. The summed E-state index contributed by atoms with van der Waals surface area (Å²) in [5, 5.41) is 15.5. The summed E-state index contributed by atoms with van der Waals surface area (Å²) in [5.74, 6) is 3.14. The molecule has 4 aliphatic carbocycles. The van der Waals surface area contributed by atoms with Crippen LogP contribution in [0.1, 0.15) is 38.5 Å². The second-order valence-electron chi connectivity index (χ2n) is 7.58. The maximum absolute atomic E-state index is 12.5. The normalized spacial score (nSPS) is 33.4. The fourth-order valence-electron chi connectivity index (χ4n) is 5.22. The molecule has 5 rings (SSSR count). The van der Waals surface area contributed by atoms with Gasteiger partial charge in [0.05, 0.1) is 5.75 Å². The summed E-state index contributed by atoms with van der Waals surface area (Å²) >= 11 is 2.97. The van der Waals surface area contributed by atoms with Crippen molar-refractivity contribution in [1.82, 2.24) is 15.5 Å². The van der Waals surface area contributed by atoms with Gasteiger partial charge in [-0.05, 0) is 56.3 Å². The first-order valence-electron chi connectivity index (χ1n) is 8.76. The van der Waals surface area contributed by atoms with Gasteiger partial charge in [-0.3, -0.25) is 4.79 Å². The molecule has 4 saturated carbocycles. The van der Waals surface area contributed by atoms with Crippen molar-refractivity contribution >= 4 is 34.1 Å². The van der Waals surface area contributed by atoms with Crippen molar-refractivity contribution in [2.75, 3.05) is 17.6 Å². The van der Waals surface area contributed by atoms with Crippen molar-refractivity contribution in [3.8, 4) is 0 Å². The van der Waals surface area contributed by atoms with Crippen LogP contribution in [-0.2, 0) is 4.79 Å². The van der Waals surface area contributed by atoms with Gasteiger partial charge in [0.25, 0.3) is 0 Å². The highest BCUT2D eigenvalue weighted by Crippen LogP contribution is 2.55. The minimum atomic E-state index is 0.101. The smallest absolute Gasteiger partial charge is 0.230 e. The van der Waals surface area contributed by atoms with Gasteiger partial charge in [0.2, 0.25) is 11.0 Å². The Balaban J connectivity index is 1.29. The number of nitrogens with one attached hydrogen (secondary N) is 2. The third kappa shape index (κ3) is 3.47. The lowest BCUT2D eigenvalue weighted by molar-refractivity contribution is -0.124. The third-order valence-electron chi connectivity index (χ3n) is 5.57. The maximum atomic E-state index is 12.5. The van der Waals surface area contributed by atoms with Crippen LogP contribution in [0.4, 0.5) is 5.13 Å². The van der Waals surface area contributed by atoms with Crippen LogP contribution in [-0.4, -0.2) is 33.9 Å². The molecule has 0 atom stereocenters. The summed E-state index contributed by atoms with van der Waals surface area (Å²) in [5.41, 5.74) is 0.101. The number of nitrogens with zero attached hydrogens (tertiary/aromatic N) is 2. The van der Waals surface area contributed by atoms with E-state index >= 15 is 0 Å². The molecule has 4 fully saturated rings. The molecule has 0 unspecified atom stereocenters. The zero-order valence-corrected chi connectivity index (χ0v) is 15.4. The number of aromatic nitrogens is 2. The first-order chi connectivity index (χ1) is 11.6. The maximum Gasteiger partial charge on any atom is 0.230 e. The Labute approximate surface area is 151 Å². The van der Waals surface area contributed by atoms with E-state index in [0.717, 1.165) is 27.2 Å². The number of hydrogen-bond acceptors (Lipinski definition) is 6. The standard InChI is InChI=1S/C17H24N4OS2/c1-2-3-18-15-20-21-16(24-15)23-10-14(22)19-17-7-11-4-12(8-17)6-13(5-11)9-17/h2,11-13H,1,3-10H2,(H,18,20)(H,19,22). The van der Waals surface area contributed by atoms with Crippen LogP contribution in [0, 0.1) is 17.8 Å². The van der Waals surface area contributed by atoms with Gasteiger partial charge in [-0.15, -0.1) is 16.8 Å². The molecule has 1 aromatic heterocycles. The van der Waals surface area contributed by atoms with Gasteiger partial charge in [-0.25, -0.2) is 0 Å². The van der Waals surface area contributed by atoms with Crippen molar-refractivity contribution in [2.24, 2.45) is 17.8 Å². The van der Waals surface area contributed by atoms with E-state index in [2.05, 4.69) is 27.4 Å². The largest absolute Gasteiger partial charge is 0.357 e. The van der Waals surface area contributed by atoms with Crippen LogP contribution in [0.3, 0.4) is 0 Å². The minimum absolute atomic E-state index is 0.101. The number of anilines is 1. The van der Waals surface area contributed by atoms with Crippen LogP contribution in [0.5, 0.6) is 0 Å². The molecule has 0 spiro atoms. The number of hydrogen-bond donors (Lipinski definition) is 2. The number of rotatable bonds is 7. The topological polar surface area (TPSA) is 66.9 Å². The predicted octanol–water partition coefficient (Wildman–Crippen LogP) is 3.31. The lowest BCUT2D eigenvalue weighted by atomic mass is 9.53. The molecule has 4 bridgehead atoms. The molecular formula is C17H24N4OS2. The first kappa shape index (κ1) is 16.4. The summed E-state index contributed by atoms with van der Waals surface area (Å²) < 4.78 is 0.835. The molecule has 0 aliphatic heterocycles. The molecule has 7 heteroatoms. The van der Waals surface area contributed by atoms with E-state index in [1.165, 1.54) is 61.6 Å². The van der Waals surface area contributed by atoms with E-state index in [4.69, 9.17) is 0 Å². The van der Waals surface area contributed by atoms with E-state index in [1.807, 2.05) is 0 Å². The Morgan fingerprint density at radius 3 is 2.54 bits per heavy atom. The highest BCUT2D eigenvalue weighted by Gasteiger charge is 2.51. The average molecular weight is 365 g/mol. The summed E-state index contributed by atoms with van der Waals surface area (Å²) in [6, 6.07) is 0. The summed E-state index contributed by atoms with van der Waals surface area (Å²) in [6.45, 7) is 4.34. The SMILES string of the molecule is C=CCNc1nnc(SCC(=O)NC23CC4CC(CC(C4)C2)C3)s1. The quantitative estimate of drug-likeness (QED) is 0.574. The highest BCUT2D eigenvalue weighted by molar-refractivity contribution is 8.01. The number of thioether (sulfide) groups is 1. The molecule has 24 heavy (non-hydrogen) atoms. The molecule has 5 nitrogen and oxygen atoms in total. The van der Waals surface area contributed by atoms with Crippen LogP contribution in [0.25, 0.3) is 0 Å². The molecule has 1 aromatic rings. The van der Waals surface area contributed by atoms with E-state index in [-0.39, 0.29) is 11.4 Å². The van der Waals surface area contributed by atoms with Gasteiger partial charge in [-0.1, -0.05) is 29.2 Å². The van der Waals surface area contributed by atoms with Crippen LogP contribution in [0.15, 0.2) is 17.0 Å². The van der Waals surface area contributed by atoms with Gasteiger partial charge in [0, 0.05) is 12.1 Å². The average Bonchev–Trinajstić information content (AvgIpc) is 2.97. The van der Waals surface area contributed by atoms with Crippen molar-refractivity contribution in [3.63, 3.8) is 0 Å². The zero-order valence-electron chi connectivity index (χ0n) is 13.8. The molecule has 0 saturated heterocycles. The Morgan fingerprint density at radius 1 is 1.25 bits per heavy atom. The van der Waals surface area contributed by atoms with Gasteiger partial charge in [-0.2, -0.15) is 0 Å². The van der Waals surface area contributed by atoms with Gasteiger partial charge >= 0.3 is 0 Å². The van der Waals surface area contributed by atoms with E-state index in [1.54, 1.807) is 6.08 Å². The Bertz CT molecular complexity index is 595. The fraction of sp³-hybridized carbons (Fsp3) is 0.706. The van der Waals surface area contributed by atoms with Gasteiger partial charge < -0.3 is 10.6 Å². The third-order valence-corrected chi connectivity index (χ3v) is 7.59. The first-order valence-corrected chi connectivity index (χ1v) is 10.6. The molecule has 130 valence electrons. The van der Waals surface area contributed by atoms with Crippen molar-refractivity contribution in [3.05, 3.63) is 12.7 Å². The van der Waals surface area contributed by atoms with Crippen LogP contribution in [0.2, 0.25) is 0 Å². The zero-order chi connectivity index (χ0) is 16.6. The second-order valence-corrected chi connectivity index (χ2v) is 9.78. The number of carbonyl (C=O) groups is 1. The van der Waals surface area contributed by atoms with E-state index in [0.29, 0.717) is 12.3 Å². The number of carbonyl (C=O) groups excluding carboxylic acids is 1. The predicted molar refractivity (Wildman–Crippen MR) is 98.4 cm³/mol. The highest BCUT2D eigenvalue weighted by atomic mass is 32.2. The fourth-order valence-corrected chi connectivity index (χ4v) is 6.78. The minimum Gasteiger partial charge on any atom is -0.357 e. The lowest BCUT2D eigenvalue weighted by Crippen LogP contribution is -2.60. The summed E-state index contributed by atoms with van der Waals surface area (Å²) in [7, 11) is 0. The Morgan fingerprint density at radius 2 is 1.92 bits per heavy atom. The van der Waals surface area contributed by atoms with Crippen molar-refractivity contribution in [2.45, 2.75) is 48.4 Å². The second kappa shape index (κ2) is 6.67. The van der Waals surface area contributed by atoms with Crippen LogP contribution < -0.4 is 10.6 Å². The molecule has 0 radical (unpaired) electrons. The van der Waals surface area contributed by atoms with E-state index < -0.39 is 0 Å². The molecule has 4 aliphatic rings. The van der Waals surface area contributed by atoms with E-state index in [9.17, 15) is 4.79 Å². The van der Waals surface area contributed by atoms with Crippen molar-refractivity contribution in [1.29, 1.82) is 0 Å². The van der Waals surface area contributed by atoms with Crippen molar-refractivity contribution < 1.29 is 4.79 Å². The molecule has 1 amide bonds. The lowest BCUT2D eigenvalue weighted by Gasteiger charge is -2.56. The molecule has 0 aromatic carbocycles. The summed E-state index contributed by atoms with van der Waals surface area (Å²) in [6.07, 6.45) is 9.57. The monoisotopic (exact) mass is 364 g/mol. The Kier molecular flexibility index (Phi) is 4.56. The molecular weight excluding hydrogens is 340 g/mol. The molecule has 1 heterocycles. The van der Waals surface area contributed by atoms with Gasteiger partial charge in [0.1, 0.15) is 0 Å². The Hall–Kier alpha value is -1.08.